The van der Waals surface area contributed by atoms with Crippen LogP contribution in [0, 0.1) is 5.92 Å². The molecule has 0 spiro atoms. The van der Waals surface area contributed by atoms with Crippen molar-refractivity contribution in [2.24, 2.45) is 5.92 Å². The summed E-state index contributed by atoms with van der Waals surface area (Å²) in [7, 11) is 1.69. The van der Waals surface area contributed by atoms with E-state index in [9.17, 15) is 4.79 Å². The van der Waals surface area contributed by atoms with Crippen LogP contribution in [0.25, 0.3) is 0 Å². The van der Waals surface area contributed by atoms with Gasteiger partial charge in [-0.05, 0) is 37.3 Å². The van der Waals surface area contributed by atoms with Crippen LogP contribution < -0.4 is 10.6 Å². The summed E-state index contributed by atoms with van der Waals surface area (Å²) in [5.41, 5.74) is 0. The van der Waals surface area contributed by atoms with Crippen LogP contribution in [0.2, 0.25) is 0 Å². The SMILES string of the molecule is CNC(=O)C(CC(C)C)NCCCSC. The Bertz CT molecular complexity index is 174. The van der Waals surface area contributed by atoms with Gasteiger partial charge in [-0.15, -0.1) is 0 Å². The van der Waals surface area contributed by atoms with Gasteiger partial charge in [-0.2, -0.15) is 11.8 Å². The Labute approximate surface area is 97.8 Å². The maximum atomic E-state index is 11.5. The Morgan fingerprint density at radius 2 is 2.07 bits per heavy atom. The Hall–Kier alpha value is -0.220. The van der Waals surface area contributed by atoms with Gasteiger partial charge in [0.15, 0.2) is 0 Å². The molecule has 0 bridgehead atoms. The van der Waals surface area contributed by atoms with Gasteiger partial charge in [-0.3, -0.25) is 4.79 Å². The van der Waals surface area contributed by atoms with E-state index in [1.54, 1.807) is 7.05 Å². The Balaban J connectivity index is 3.85. The number of carbonyl (C=O) groups is 1. The summed E-state index contributed by atoms with van der Waals surface area (Å²) in [6.45, 7) is 5.20. The highest BCUT2D eigenvalue weighted by Gasteiger charge is 2.17. The van der Waals surface area contributed by atoms with Gasteiger partial charge in [0.1, 0.15) is 0 Å². The first kappa shape index (κ1) is 14.8. The third-order valence-electron chi connectivity index (χ3n) is 2.19. The van der Waals surface area contributed by atoms with Gasteiger partial charge in [0.05, 0.1) is 6.04 Å². The molecule has 0 heterocycles. The fourth-order valence-electron chi connectivity index (χ4n) is 1.42. The third-order valence-corrected chi connectivity index (χ3v) is 2.88. The number of likely N-dealkylation sites (N-methyl/N-ethyl adjacent to an activating group) is 1. The molecule has 0 aliphatic carbocycles. The van der Waals surface area contributed by atoms with Gasteiger partial charge in [-0.1, -0.05) is 13.8 Å². The summed E-state index contributed by atoms with van der Waals surface area (Å²) in [5.74, 6) is 1.79. The normalized spacial score (nSPS) is 12.9. The van der Waals surface area contributed by atoms with Crippen molar-refractivity contribution < 1.29 is 4.79 Å². The van der Waals surface area contributed by atoms with Gasteiger partial charge in [0.25, 0.3) is 0 Å². The number of carbonyl (C=O) groups excluding carboxylic acids is 1. The fraction of sp³-hybridized carbons (Fsp3) is 0.909. The minimum absolute atomic E-state index is 0.0307. The lowest BCUT2D eigenvalue weighted by molar-refractivity contribution is -0.123. The van der Waals surface area contributed by atoms with Crippen molar-refractivity contribution in [2.45, 2.75) is 32.7 Å². The third kappa shape index (κ3) is 7.68. The second-order valence-corrected chi connectivity index (χ2v) is 5.08. The van der Waals surface area contributed by atoms with Crippen molar-refractivity contribution in [1.82, 2.24) is 10.6 Å². The van der Waals surface area contributed by atoms with Crippen molar-refractivity contribution in [3.8, 4) is 0 Å². The first-order valence-electron chi connectivity index (χ1n) is 5.55. The maximum Gasteiger partial charge on any atom is 0.236 e. The fourth-order valence-corrected chi connectivity index (χ4v) is 1.85. The molecule has 0 saturated carbocycles. The molecule has 15 heavy (non-hydrogen) atoms. The Morgan fingerprint density at radius 1 is 1.40 bits per heavy atom. The monoisotopic (exact) mass is 232 g/mol. The van der Waals surface area contributed by atoms with E-state index in [-0.39, 0.29) is 11.9 Å². The molecule has 0 saturated heterocycles. The number of rotatable bonds is 8. The lowest BCUT2D eigenvalue weighted by atomic mass is 10.0. The van der Waals surface area contributed by atoms with Crippen LogP contribution in [0.1, 0.15) is 26.7 Å². The van der Waals surface area contributed by atoms with E-state index in [1.807, 2.05) is 11.8 Å². The highest BCUT2D eigenvalue weighted by molar-refractivity contribution is 7.98. The smallest absolute Gasteiger partial charge is 0.236 e. The molecule has 1 atom stereocenters. The summed E-state index contributed by atoms with van der Waals surface area (Å²) in [6, 6.07) is -0.0307. The lowest BCUT2D eigenvalue weighted by Crippen LogP contribution is -2.44. The maximum absolute atomic E-state index is 11.5. The van der Waals surface area contributed by atoms with Crippen molar-refractivity contribution >= 4 is 17.7 Å². The van der Waals surface area contributed by atoms with Crippen LogP contribution >= 0.6 is 11.8 Å². The van der Waals surface area contributed by atoms with E-state index in [1.165, 1.54) is 0 Å². The second kappa shape index (κ2) is 9.04. The van der Waals surface area contributed by atoms with Crippen LogP contribution in [0.3, 0.4) is 0 Å². The summed E-state index contributed by atoms with van der Waals surface area (Å²) < 4.78 is 0. The largest absolute Gasteiger partial charge is 0.358 e. The number of nitrogens with one attached hydrogen (secondary N) is 2. The standard InChI is InChI=1S/C11H24N2OS/c1-9(2)8-10(11(14)12-3)13-6-5-7-15-4/h9-10,13H,5-8H2,1-4H3,(H,12,14). The van der Waals surface area contributed by atoms with Crippen LogP contribution in [-0.4, -0.2) is 37.6 Å². The van der Waals surface area contributed by atoms with Crippen molar-refractivity contribution in [3.63, 3.8) is 0 Å². The molecular weight excluding hydrogens is 208 g/mol. The topological polar surface area (TPSA) is 41.1 Å². The van der Waals surface area contributed by atoms with Crippen LogP contribution in [-0.2, 0) is 4.79 Å². The predicted molar refractivity (Wildman–Crippen MR) is 68.3 cm³/mol. The van der Waals surface area contributed by atoms with Crippen LogP contribution in [0.5, 0.6) is 0 Å². The average molecular weight is 232 g/mol. The van der Waals surface area contributed by atoms with E-state index < -0.39 is 0 Å². The molecule has 0 fully saturated rings. The molecule has 2 N–H and O–H groups in total. The number of thioether (sulfide) groups is 1. The highest BCUT2D eigenvalue weighted by atomic mass is 32.2. The van der Waals surface area contributed by atoms with E-state index >= 15 is 0 Å². The molecule has 3 nitrogen and oxygen atoms in total. The minimum Gasteiger partial charge on any atom is -0.358 e. The van der Waals surface area contributed by atoms with Crippen molar-refractivity contribution in [1.29, 1.82) is 0 Å². The van der Waals surface area contributed by atoms with Crippen LogP contribution in [0.15, 0.2) is 0 Å². The van der Waals surface area contributed by atoms with Gasteiger partial charge in [-0.25, -0.2) is 0 Å². The Morgan fingerprint density at radius 3 is 2.53 bits per heavy atom. The molecule has 0 aliphatic heterocycles. The van der Waals surface area contributed by atoms with E-state index in [0.29, 0.717) is 5.92 Å². The molecule has 0 aliphatic rings. The molecule has 1 unspecified atom stereocenters. The average Bonchev–Trinajstić information content (AvgIpc) is 2.21. The van der Waals surface area contributed by atoms with E-state index in [0.717, 1.165) is 25.1 Å². The number of hydrogen-bond acceptors (Lipinski definition) is 3. The molecular formula is C11H24N2OS. The molecule has 0 rings (SSSR count). The van der Waals surface area contributed by atoms with Crippen molar-refractivity contribution in [2.75, 3.05) is 25.6 Å². The van der Waals surface area contributed by atoms with Gasteiger partial charge in [0, 0.05) is 7.05 Å². The lowest BCUT2D eigenvalue weighted by Gasteiger charge is -2.18. The first-order valence-corrected chi connectivity index (χ1v) is 6.95. The first-order chi connectivity index (χ1) is 7.11. The molecule has 1 amide bonds. The van der Waals surface area contributed by atoms with Gasteiger partial charge < -0.3 is 10.6 Å². The number of amides is 1. The van der Waals surface area contributed by atoms with E-state index in [4.69, 9.17) is 0 Å². The Kier molecular flexibility index (Phi) is 8.91. The van der Waals surface area contributed by atoms with E-state index in [2.05, 4.69) is 30.7 Å². The summed E-state index contributed by atoms with van der Waals surface area (Å²) in [4.78, 5) is 11.5. The highest BCUT2D eigenvalue weighted by Crippen LogP contribution is 2.05. The van der Waals surface area contributed by atoms with Gasteiger partial charge in [0.2, 0.25) is 5.91 Å². The summed E-state index contributed by atoms with van der Waals surface area (Å²) >= 11 is 1.84. The predicted octanol–water partition coefficient (Wildman–Crippen LogP) is 1.49. The molecule has 0 aromatic carbocycles. The number of hydrogen-bond donors (Lipinski definition) is 2. The molecule has 0 aromatic rings. The van der Waals surface area contributed by atoms with Crippen LogP contribution in [0.4, 0.5) is 0 Å². The zero-order valence-corrected chi connectivity index (χ0v) is 11.1. The zero-order chi connectivity index (χ0) is 11.7. The van der Waals surface area contributed by atoms with Gasteiger partial charge >= 0.3 is 0 Å². The summed E-state index contributed by atoms with van der Waals surface area (Å²) in [6.07, 6.45) is 4.12. The molecule has 90 valence electrons. The zero-order valence-electron chi connectivity index (χ0n) is 10.3. The quantitative estimate of drug-likeness (QED) is 0.623. The second-order valence-electron chi connectivity index (χ2n) is 4.10. The molecule has 0 aromatic heterocycles. The summed E-state index contributed by atoms with van der Waals surface area (Å²) in [5, 5.41) is 6.02. The minimum atomic E-state index is -0.0307. The van der Waals surface area contributed by atoms with Crippen molar-refractivity contribution in [3.05, 3.63) is 0 Å². The molecule has 0 radical (unpaired) electrons. The molecule has 4 heteroatoms.